The van der Waals surface area contributed by atoms with Gasteiger partial charge >= 0.3 is 6.03 Å². The molecule has 9 heteroatoms. The van der Waals surface area contributed by atoms with Crippen LogP contribution in [0.25, 0.3) is 11.5 Å². The van der Waals surface area contributed by atoms with E-state index in [9.17, 15) is 13.6 Å². The van der Waals surface area contributed by atoms with Crippen LogP contribution in [0.3, 0.4) is 0 Å². The fourth-order valence-electron chi connectivity index (χ4n) is 3.18. The van der Waals surface area contributed by atoms with E-state index >= 15 is 0 Å². The van der Waals surface area contributed by atoms with Crippen molar-refractivity contribution >= 4 is 23.3 Å². The molecular weight excluding hydrogens is 374 g/mol. The maximum absolute atomic E-state index is 13.6. The van der Waals surface area contributed by atoms with E-state index in [-0.39, 0.29) is 17.3 Å². The van der Waals surface area contributed by atoms with Gasteiger partial charge in [-0.2, -0.15) is 4.37 Å². The van der Waals surface area contributed by atoms with E-state index in [1.165, 1.54) is 24.5 Å². The second-order valence-corrected chi connectivity index (χ2v) is 7.19. The van der Waals surface area contributed by atoms with Crippen molar-refractivity contribution in [1.82, 2.24) is 14.4 Å². The molecule has 0 saturated carbocycles. The predicted molar refractivity (Wildman–Crippen MR) is 96.4 cm³/mol. The van der Waals surface area contributed by atoms with Gasteiger partial charge in [0, 0.05) is 35.2 Å². The maximum Gasteiger partial charge on any atom is 0.322 e. The van der Waals surface area contributed by atoms with Gasteiger partial charge in [0.05, 0.1) is 12.2 Å². The zero-order chi connectivity index (χ0) is 19.1. The Morgan fingerprint density at radius 3 is 2.93 bits per heavy atom. The molecule has 6 nitrogen and oxygen atoms in total. The molecule has 140 valence electrons. The van der Waals surface area contributed by atoms with Crippen molar-refractivity contribution in [2.45, 2.75) is 32.9 Å². The fraction of sp³-hybridized carbons (Fsp3) is 0.278. The van der Waals surface area contributed by atoms with Gasteiger partial charge < -0.3 is 14.7 Å². The molecule has 4 rings (SSSR count). The number of rotatable bonds is 2. The molecule has 0 unspecified atom stereocenters. The first-order valence-corrected chi connectivity index (χ1v) is 9.19. The molecule has 3 aromatic rings. The lowest BCUT2D eigenvalue weighted by Crippen LogP contribution is -2.44. The molecule has 0 saturated heterocycles. The molecule has 2 aromatic heterocycles. The summed E-state index contributed by atoms with van der Waals surface area (Å²) < 4.78 is 36.8. The van der Waals surface area contributed by atoms with Crippen LogP contribution in [0.15, 0.2) is 28.1 Å². The molecule has 1 atom stereocenters. The summed E-state index contributed by atoms with van der Waals surface area (Å²) in [5.41, 5.74) is 2.64. The summed E-state index contributed by atoms with van der Waals surface area (Å²) in [4.78, 5) is 14.4. The van der Waals surface area contributed by atoms with Gasteiger partial charge in [-0.15, -0.1) is 0 Å². The molecule has 0 aliphatic carbocycles. The summed E-state index contributed by atoms with van der Waals surface area (Å²) in [6.07, 6.45) is 0.535. The van der Waals surface area contributed by atoms with Gasteiger partial charge in [-0.25, -0.2) is 13.6 Å². The van der Waals surface area contributed by atoms with Crippen molar-refractivity contribution in [3.63, 3.8) is 0 Å². The standard InChI is InChI=1S/C18H16F2N4O2S/c1-9-5-11(7-13(19)16(9)20)21-18(25)24-8-12-15(6-10(24)2)22-26-17(12)14-3-4-27-23-14/h3-5,7,10H,6,8H2,1-2H3,(H,21,25)/t10-/m0/s1. The summed E-state index contributed by atoms with van der Waals surface area (Å²) >= 11 is 1.30. The molecule has 3 heterocycles. The molecular formula is C18H16F2N4O2S. The Kier molecular flexibility index (Phi) is 4.39. The summed E-state index contributed by atoms with van der Waals surface area (Å²) in [7, 11) is 0. The van der Waals surface area contributed by atoms with E-state index < -0.39 is 17.7 Å². The number of anilines is 1. The van der Waals surface area contributed by atoms with E-state index in [0.29, 0.717) is 24.4 Å². The van der Waals surface area contributed by atoms with E-state index in [2.05, 4.69) is 14.8 Å². The number of carbonyl (C=O) groups excluding carboxylic acids is 1. The zero-order valence-electron chi connectivity index (χ0n) is 14.6. The Hall–Kier alpha value is -2.81. The number of benzene rings is 1. The molecule has 2 amide bonds. The van der Waals surface area contributed by atoms with Crippen molar-refractivity contribution in [3.05, 3.63) is 52.0 Å². The fourth-order valence-corrected chi connectivity index (χ4v) is 3.69. The van der Waals surface area contributed by atoms with Crippen LogP contribution in [0.2, 0.25) is 0 Å². The average Bonchev–Trinajstić information content (AvgIpc) is 3.27. The van der Waals surface area contributed by atoms with Crippen molar-refractivity contribution in [2.24, 2.45) is 0 Å². The van der Waals surface area contributed by atoms with Gasteiger partial charge in [-0.1, -0.05) is 5.16 Å². The van der Waals surface area contributed by atoms with E-state index in [1.807, 2.05) is 18.4 Å². The van der Waals surface area contributed by atoms with Crippen molar-refractivity contribution in [3.8, 4) is 11.5 Å². The first kappa shape index (κ1) is 17.6. The Morgan fingerprint density at radius 2 is 2.22 bits per heavy atom. The summed E-state index contributed by atoms with van der Waals surface area (Å²) in [6.45, 7) is 3.64. The highest BCUT2D eigenvalue weighted by molar-refractivity contribution is 7.03. The van der Waals surface area contributed by atoms with E-state index in [0.717, 1.165) is 17.3 Å². The first-order valence-electron chi connectivity index (χ1n) is 8.35. The number of hydrogen-bond donors (Lipinski definition) is 1. The quantitative estimate of drug-likeness (QED) is 0.706. The second-order valence-electron chi connectivity index (χ2n) is 6.52. The smallest absolute Gasteiger partial charge is 0.322 e. The lowest BCUT2D eigenvalue weighted by molar-refractivity contribution is 0.182. The first-order chi connectivity index (χ1) is 12.9. The molecule has 1 aliphatic rings. The summed E-state index contributed by atoms with van der Waals surface area (Å²) in [5.74, 6) is -1.36. The third-order valence-corrected chi connectivity index (χ3v) is 5.17. The highest BCUT2D eigenvalue weighted by Crippen LogP contribution is 2.32. The third kappa shape index (κ3) is 3.18. The molecule has 1 aromatic carbocycles. The highest BCUT2D eigenvalue weighted by Gasteiger charge is 2.32. The van der Waals surface area contributed by atoms with Gasteiger partial charge in [-0.05, 0) is 43.1 Å². The molecule has 27 heavy (non-hydrogen) atoms. The monoisotopic (exact) mass is 390 g/mol. The van der Waals surface area contributed by atoms with E-state index in [4.69, 9.17) is 4.52 Å². The number of aromatic nitrogens is 2. The maximum atomic E-state index is 13.6. The minimum absolute atomic E-state index is 0.128. The molecule has 0 bridgehead atoms. The number of carbonyl (C=O) groups is 1. The molecule has 0 fully saturated rings. The predicted octanol–water partition coefficient (Wildman–Crippen LogP) is 4.36. The van der Waals surface area contributed by atoms with Crippen LogP contribution >= 0.6 is 11.5 Å². The lowest BCUT2D eigenvalue weighted by Gasteiger charge is -2.32. The molecule has 0 spiro atoms. The zero-order valence-corrected chi connectivity index (χ0v) is 15.4. The van der Waals surface area contributed by atoms with Crippen LogP contribution < -0.4 is 5.32 Å². The van der Waals surface area contributed by atoms with Gasteiger partial charge in [0.1, 0.15) is 5.69 Å². The Morgan fingerprint density at radius 1 is 1.41 bits per heavy atom. The topological polar surface area (TPSA) is 71.3 Å². The van der Waals surface area contributed by atoms with Crippen molar-refractivity contribution < 1.29 is 18.1 Å². The third-order valence-electron chi connectivity index (χ3n) is 4.61. The Labute approximate surface area is 157 Å². The Bertz CT molecular complexity index is 980. The molecule has 0 radical (unpaired) electrons. The minimum atomic E-state index is -0.996. The number of nitrogens with zero attached hydrogens (tertiary/aromatic N) is 3. The van der Waals surface area contributed by atoms with Crippen molar-refractivity contribution in [1.29, 1.82) is 0 Å². The van der Waals surface area contributed by atoms with Gasteiger partial charge in [0.2, 0.25) is 0 Å². The van der Waals surface area contributed by atoms with Crippen LogP contribution in [-0.4, -0.2) is 26.5 Å². The molecule has 1 N–H and O–H groups in total. The number of urea groups is 1. The minimum Gasteiger partial charge on any atom is -0.354 e. The highest BCUT2D eigenvalue weighted by atomic mass is 32.1. The number of halogens is 2. The second kappa shape index (κ2) is 6.73. The van der Waals surface area contributed by atoms with Gasteiger partial charge in [0.25, 0.3) is 0 Å². The number of nitrogens with one attached hydrogen (secondary N) is 1. The van der Waals surface area contributed by atoms with Gasteiger partial charge in [0.15, 0.2) is 17.4 Å². The number of aryl methyl sites for hydroxylation is 1. The molecule has 1 aliphatic heterocycles. The number of hydrogen-bond acceptors (Lipinski definition) is 5. The lowest BCUT2D eigenvalue weighted by atomic mass is 9.99. The summed E-state index contributed by atoms with van der Waals surface area (Å²) in [6, 6.07) is 3.68. The van der Waals surface area contributed by atoms with Crippen LogP contribution in [-0.2, 0) is 13.0 Å². The van der Waals surface area contributed by atoms with Crippen LogP contribution in [0.4, 0.5) is 19.3 Å². The summed E-state index contributed by atoms with van der Waals surface area (Å²) in [5, 5.41) is 8.60. The van der Waals surface area contributed by atoms with Crippen LogP contribution in [0.5, 0.6) is 0 Å². The average molecular weight is 390 g/mol. The van der Waals surface area contributed by atoms with Crippen LogP contribution in [0.1, 0.15) is 23.7 Å². The number of amides is 2. The number of fused-ring (bicyclic) bond motifs is 1. The SMILES string of the molecule is Cc1cc(NC(=O)N2Cc3c(noc3-c3ccsn3)C[C@@H]2C)cc(F)c1F. The largest absolute Gasteiger partial charge is 0.354 e. The Balaban J connectivity index is 1.58. The normalized spacial score (nSPS) is 16.3. The van der Waals surface area contributed by atoms with E-state index in [1.54, 1.807) is 4.90 Å². The van der Waals surface area contributed by atoms with Crippen LogP contribution in [0, 0.1) is 18.6 Å². The van der Waals surface area contributed by atoms with Crippen molar-refractivity contribution in [2.75, 3.05) is 5.32 Å². The van der Waals surface area contributed by atoms with Gasteiger partial charge in [-0.3, -0.25) is 0 Å².